The van der Waals surface area contributed by atoms with Crippen LogP contribution in [0.1, 0.15) is 29.5 Å². The van der Waals surface area contributed by atoms with Gasteiger partial charge in [0, 0.05) is 34.7 Å². The minimum Gasteiger partial charge on any atom is -0.345 e. The summed E-state index contributed by atoms with van der Waals surface area (Å²) in [5.74, 6) is -1.49. The molecular formula is C27H24ClF3N4O5S. The Morgan fingerprint density at radius 3 is 2.34 bits per heavy atom. The third-order valence-corrected chi connectivity index (χ3v) is 7.48. The van der Waals surface area contributed by atoms with E-state index in [1.54, 1.807) is 48.6 Å². The van der Waals surface area contributed by atoms with E-state index >= 15 is 0 Å². The predicted molar refractivity (Wildman–Crippen MR) is 147 cm³/mol. The van der Waals surface area contributed by atoms with Crippen LogP contribution in [0.2, 0.25) is 5.02 Å². The number of pyridine rings is 1. The lowest BCUT2D eigenvalue weighted by Crippen LogP contribution is -2.36. The van der Waals surface area contributed by atoms with E-state index < -0.39 is 45.6 Å². The molecule has 1 N–H and O–H groups in total. The second-order valence-electron chi connectivity index (χ2n) is 9.24. The molecule has 2 aromatic heterocycles. The summed E-state index contributed by atoms with van der Waals surface area (Å²) < 4.78 is 64.4. The molecule has 2 heterocycles. The number of hydrogen-bond donors (Lipinski definition) is 1. The van der Waals surface area contributed by atoms with Crippen molar-refractivity contribution in [1.82, 2.24) is 19.7 Å². The quantitative estimate of drug-likeness (QED) is 0.284. The van der Waals surface area contributed by atoms with Crippen LogP contribution in [-0.4, -0.2) is 53.4 Å². The zero-order valence-electron chi connectivity index (χ0n) is 21.8. The van der Waals surface area contributed by atoms with Gasteiger partial charge in [0.1, 0.15) is 13.1 Å². The van der Waals surface area contributed by atoms with Crippen molar-refractivity contribution in [3.05, 3.63) is 81.4 Å². The average molecular weight is 609 g/mol. The standard InChI is InChI=1S/C27H24ClF3N4O5S/c1-3-21(36)25-24(16-7-5-4-6-8-16)20-11-17(28)9-10-19(20)26(38)34(25)13-18-12-23(41(2,39)40)35(33-18)14-22(37)32-15-27(29,30)31/h4-12H,3,13-15H2,1-2H3,(H,32,37). The van der Waals surface area contributed by atoms with Gasteiger partial charge in [0.25, 0.3) is 5.56 Å². The van der Waals surface area contributed by atoms with Gasteiger partial charge in [0.2, 0.25) is 5.91 Å². The second-order valence-corrected chi connectivity index (χ2v) is 11.6. The molecule has 9 nitrogen and oxygen atoms in total. The molecule has 216 valence electrons. The highest BCUT2D eigenvalue weighted by atomic mass is 35.5. The Bertz CT molecular complexity index is 1820. The number of nitrogens with one attached hydrogen (secondary N) is 1. The Kier molecular flexibility index (Phi) is 8.41. The third-order valence-electron chi connectivity index (χ3n) is 6.15. The number of ketones is 1. The first-order valence-corrected chi connectivity index (χ1v) is 14.5. The van der Waals surface area contributed by atoms with Crippen molar-refractivity contribution in [2.24, 2.45) is 0 Å². The SMILES string of the molecule is CCC(=O)c1c(-c2ccccc2)c2cc(Cl)ccc2c(=O)n1Cc1cc(S(C)(=O)=O)n(CC(=O)NCC(F)(F)F)n1. The molecule has 0 spiro atoms. The fourth-order valence-corrected chi connectivity index (χ4v) is 5.43. The molecule has 4 rings (SSSR count). The summed E-state index contributed by atoms with van der Waals surface area (Å²) in [7, 11) is -4.00. The summed E-state index contributed by atoms with van der Waals surface area (Å²) in [6.45, 7) is -1.16. The van der Waals surface area contributed by atoms with Crippen LogP contribution in [-0.2, 0) is 27.7 Å². The van der Waals surface area contributed by atoms with Crippen molar-refractivity contribution in [3.8, 4) is 11.1 Å². The highest BCUT2D eigenvalue weighted by molar-refractivity contribution is 7.90. The molecule has 0 aliphatic rings. The Balaban J connectivity index is 1.91. The molecule has 0 bridgehead atoms. The van der Waals surface area contributed by atoms with Crippen LogP contribution in [0.25, 0.3) is 21.9 Å². The van der Waals surface area contributed by atoms with Crippen molar-refractivity contribution < 1.29 is 31.2 Å². The van der Waals surface area contributed by atoms with Gasteiger partial charge in [-0.25, -0.2) is 13.1 Å². The lowest BCUT2D eigenvalue weighted by Gasteiger charge is -2.19. The number of carbonyl (C=O) groups excluding carboxylic acids is 2. The number of nitrogens with zero attached hydrogens (tertiary/aromatic N) is 3. The number of benzene rings is 2. The van der Waals surface area contributed by atoms with E-state index in [0.29, 0.717) is 21.5 Å². The second kappa shape index (κ2) is 11.5. The van der Waals surface area contributed by atoms with Crippen molar-refractivity contribution in [3.63, 3.8) is 0 Å². The number of alkyl halides is 3. The molecule has 0 aliphatic carbocycles. The molecule has 14 heteroatoms. The van der Waals surface area contributed by atoms with E-state index in [1.165, 1.54) is 16.7 Å². The van der Waals surface area contributed by atoms with Crippen molar-refractivity contribution in [2.75, 3.05) is 12.8 Å². The van der Waals surface area contributed by atoms with Gasteiger partial charge in [0.05, 0.1) is 17.9 Å². The maximum absolute atomic E-state index is 13.8. The average Bonchev–Trinajstić information content (AvgIpc) is 3.31. The Morgan fingerprint density at radius 1 is 1.05 bits per heavy atom. The van der Waals surface area contributed by atoms with Gasteiger partial charge < -0.3 is 5.32 Å². The van der Waals surface area contributed by atoms with E-state index in [9.17, 15) is 36.0 Å². The van der Waals surface area contributed by atoms with Crippen LogP contribution in [0.4, 0.5) is 13.2 Å². The third kappa shape index (κ3) is 6.68. The number of Topliss-reactive ketones (excluding diaryl/α,β-unsaturated/α-hetero) is 1. The van der Waals surface area contributed by atoms with Crippen LogP contribution in [0.15, 0.2) is 64.4 Å². The van der Waals surface area contributed by atoms with Gasteiger partial charge in [-0.05, 0) is 29.1 Å². The number of amides is 1. The van der Waals surface area contributed by atoms with Gasteiger partial charge in [-0.3, -0.25) is 19.0 Å². The van der Waals surface area contributed by atoms with E-state index in [-0.39, 0.29) is 35.5 Å². The van der Waals surface area contributed by atoms with Crippen LogP contribution in [0, 0.1) is 0 Å². The van der Waals surface area contributed by atoms with E-state index in [2.05, 4.69) is 5.10 Å². The number of carbonyl (C=O) groups is 2. The first-order chi connectivity index (χ1) is 19.2. The maximum atomic E-state index is 13.8. The van der Waals surface area contributed by atoms with E-state index in [0.717, 1.165) is 17.0 Å². The molecule has 0 unspecified atom stereocenters. The molecular weight excluding hydrogens is 585 g/mol. The zero-order valence-corrected chi connectivity index (χ0v) is 23.4. The topological polar surface area (TPSA) is 120 Å². The largest absolute Gasteiger partial charge is 0.405 e. The van der Waals surface area contributed by atoms with Gasteiger partial charge in [-0.2, -0.15) is 18.3 Å². The number of hydrogen-bond acceptors (Lipinski definition) is 6. The highest BCUT2D eigenvalue weighted by Gasteiger charge is 2.29. The van der Waals surface area contributed by atoms with Gasteiger partial charge in [0.15, 0.2) is 20.6 Å². The normalized spacial score (nSPS) is 12.0. The Morgan fingerprint density at radius 2 is 1.73 bits per heavy atom. The molecule has 0 atom stereocenters. The van der Waals surface area contributed by atoms with Crippen LogP contribution in [0.5, 0.6) is 0 Å². The van der Waals surface area contributed by atoms with Gasteiger partial charge >= 0.3 is 6.18 Å². The van der Waals surface area contributed by atoms with E-state index in [1.807, 2.05) is 0 Å². The number of sulfone groups is 1. The number of fused-ring (bicyclic) bond motifs is 1. The smallest absolute Gasteiger partial charge is 0.345 e. The lowest BCUT2D eigenvalue weighted by molar-refractivity contribution is -0.138. The predicted octanol–water partition coefficient (Wildman–Crippen LogP) is 4.24. The number of rotatable bonds is 9. The molecule has 41 heavy (non-hydrogen) atoms. The van der Waals surface area contributed by atoms with E-state index in [4.69, 9.17) is 11.6 Å². The number of aromatic nitrogens is 3. The maximum Gasteiger partial charge on any atom is 0.405 e. The Hall–Kier alpha value is -3.97. The molecule has 0 saturated heterocycles. The first kappa shape index (κ1) is 30.0. The molecule has 0 aliphatic heterocycles. The molecule has 2 aromatic carbocycles. The molecule has 1 amide bonds. The van der Waals surface area contributed by atoms with Crippen LogP contribution < -0.4 is 10.9 Å². The minimum absolute atomic E-state index is 0.00590. The summed E-state index contributed by atoms with van der Waals surface area (Å²) in [4.78, 5) is 39.3. The highest BCUT2D eigenvalue weighted by Crippen LogP contribution is 2.33. The summed E-state index contributed by atoms with van der Waals surface area (Å²) in [6.07, 6.45) is -3.78. The number of halogens is 4. The summed E-state index contributed by atoms with van der Waals surface area (Å²) in [5.41, 5.74) is 0.565. The monoisotopic (exact) mass is 608 g/mol. The van der Waals surface area contributed by atoms with Crippen molar-refractivity contribution in [2.45, 2.75) is 37.6 Å². The van der Waals surface area contributed by atoms with Crippen LogP contribution in [0.3, 0.4) is 0 Å². The summed E-state index contributed by atoms with van der Waals surface area (Å²) in [6, 6.07) is 14.6. The fourth-order valence-electron chi connectivity index (χ4n) is 4.42. The summed E-state index contributed by atoms with van der Waals surface area (Å²) >= 11 is 6.26. The molecule has 0 saturated carbocycles. The Labute approximate surface area is 237 Å². The summed E-state index contributed by atoms with van der Waals surface area (Å²) in [5, 5.41) is 6.39. The first-order valence-electron chi connectivity index (χ1n) is 12.2. The molecule has 0 radical (unpaired) electrons. The lowest BCUT2D eigenvalue weighted by atomic mass is 9.94. The molecule has 4 aromatic rings. The fraction of sp³-hybridized carbons (Fsp3) is 0.259. The minimum atomic E-state index is -4.66. The van der Waals surface area contributed by atoms with Crippen molar-refractivity contribution >= 4 is 43.9 Å². The zero-order chi connectivity index (χ0) is 30.1. The molecule has 0 fully saturated rings. The van der Waals surface area contributed by atoms with Gasteiger partial charge in [-0.1, -0.05) is 48.9 Å². The van der Waals surface area contributed by atoms with Crippen molar-refractivity contribution in [1.29, 1.82) is 0 Å². The van der Waals surface area contributed by atoms with Crippen LogP contribution >= 0.6 is 11.6 Å². The van der Waals surface area contributed by atoms with Gasteiger partial charge in [-0.15, -0.1) is 0 Å².